The van der Waals surface area contributed by atoms with Gasteiger partial charge < -0.3 is 16.3 Å². The van der Waals surface area contributed by atoms with Crippen LogP contribution in [-0.4, -0.2) is 22.5 Å². The van der Waals surface area contributed by atoms with Gasteiger partial charge in [0.1, 0.15) is 5.54 Å². The van der Waals surface area contributed by atoms with Gasteiger partial charge in [-0.25, -0.2) is 0 Å². The summed E-state index contributed by atoms with van der Waals surface area (Å²) in [5, 5.41) is 15.5. The summed E-state index contributed by atoms with van der Waals surface area (Å²) < 4.78 is 0. The van der Waals surface area contributed by atoms with Crippen LogP contribution in [0.5, 0.6) is 0 Å². The van der Waals surface area contributed by atoms with Crippen molar-refractivity contribution in [2.75, 3.05) is 0 Å². The van der Waals surface area contributed by atoms with Gasteiger partial charge in [0.2, 0.25) is 5.91 Å². The average molecular weight is 295 g/mol. The van der Waals surface area contributed by atoms with Gasteiger partial charge >= 0.3 is 0 Å². The minimum atomic E-state index is -0.634. The van der Waals surface area contributed by atoms with Gasteiger partial charge in [0.15, 0.2) is 5.84 Å². The van der Waals surface area contributed by atoms with Crippen molar-refractivity contribution in [2.24, 2.45) is 22.7 Å². The van der Waals surface area contributed by atoms with Crippen LogP contribution in [0, 0.1) is 11.8 Å². The van der Waals surface area contributed by atoms with Crippen LogP contribution in [0.4, 0.5) is 0 Å². The van der Waals surface area contributed by atoms with Crippen molar-refractivity contribution in [3.8, 4) is 0 Å². The molecular weight excluding hydrogens is 266 g/mol. The Balaban J connectivity index is 2.06. The summed E-state index contributed by atoms with van der Waals surface area (Å²) in [6, 6.07) is 0. The third-order valence-electron chi connectivity index (χ3n) is 5.31. The van der Waals surface area contributed by atoms with Crippen LogP contribution < -0.4 is 11.1 Å². The maximum atomic E-state index is 12.6. The number of carbonyl (C=O) groups excluding carboxylic acids is 1. The number of amidine groups is 1. The molecule has 2 fully saturated rings. The smallest absolute Gasteiger partial charge is 0.223 e. The predicted molar refractivity (Wildman–Crippen MR) is 83.1 cm³/mol. The van der Waals surface area contributed by atoms with E-state index in [0.29, 0.717) is 5.92 Å². The molecule has 5 heteroatoms. The highest BCUT2D eigenvalue weighted by molar-refractivity contribution is 5.94. The van der Waals surface area contributed by atoms with Crippen molar-refractivity contribution < 1.29 is 10.0 Å². The van der Waals surface area contributed by atoms with Gasteiger partial charge in [-0.15, -0.1) is 0 Å². The first-order chi connectivity index (χ1) is 10.1. The molecule has 1 amide bonds. The van der Waals surface area contributed by atoms with Crippen LogP contribution in [0.25, 0.3) is 0 Å². The molecule has 2 aliphatic carbocycles. The van der Waals surface area contributed by atoms with E-state index in [4.69, 9.17) is 10.9 Å². The van der Waals surface area contributed by atoms with Crippen molar-refractivity contribution in [1.82, 2.24) is 5.32 Å². The second-order valence-corrected chi connectivity index (χ2v) is 6.93. The molecule has 2 rings (SSSR count). The van der Waals surface area contributed by atoms with Crippen LogP contribution in [0.2, 0.25) is 0 Å². The van der Waals surface area contributed by atoms with Gasteiger partial charge in [-0.1, -0.05) is 37.8 Å². The lowest BCUT2D eigenvalue weighted by Gasteiger charge is -2.39. The molecule has 0 unspecified atom stereocenters. The number of nitrogens with one attached hydrogen (secondary N) is 1. The molecule has 0 heterocycles. The Bertz CT molecular complexity index is 379. The van der Waals surface area contributed by atoms with Crippen LogP contribution in [0.1, 0.15) is 71.1 Å². The van der Waals surface area contributed by atoms with Crippen molar-refractivity contribution in [2.45, 2.75) is 76.7 Å². The van der Waals surface area contributed by atoms with Crippen LogP contribution >= 0.6 is 0 Å². The zero-order valence-electron chi connectivity index (χ0n) is 13.1. The number of hydrogen-bond acceptors (Lipinski definition) is 3. The van der Waals surface area contributed by atoms with Gasteiger partial charge in [0.25, 0.3) is 0 Å². The maximum Gasteiger partial charge on any atom is 0.223 e. The lowest BCUT2D eigenvalue weighted by Crippen LogP contribution is -2.60. The SMILES string of the molecule is CC1CCC(NC(=O)C2CCCCCC2)(C(N)=NO)CC1. The number of hydrogen-bond donors (Lipinski definition) is 3. The molecule has 2 aliphatic rings. The Labute approximate surface area is 127 Å². The quantitative estimate of drug-likeness (QED) is 0.246. The number of nitrogens with two attached hydrogens (primary N) is 1. The fourth-order valence-electron chi connectivity index (χ4n) is 3.68. The van der Waals surface area contributed by atoms with Gasteiger partial charge in [0.05, 0.1) is 0 Å². The normalized spacial score (nSPS) is 32.4. The number of rotatable bonds is 3. The van der Waals surface area contributed by atoms with Crippen molar-refractivity contribution >= 4 is 11.7 Å². The van der Waals surface area contributed by atoms with Crippen LogP contribution in [-0.2, 0) is 4.79 Å². The van der Waals surface area contributed by atoms with E-state index >= 15 is 0 Å². The lowest BCUT2D eigenvalue weighted by molar-refractivity contribution is -0.127. The van der Waals surface area contributed by atoms with Gasteiger partial charge in [-0.05, 0) is 44.4 Å². The molecule has 2 saturated carbocycles. The van der Waals surface area contributed by atoms with E-state index in [-0.39, 0.29) is 17.7 Å². The molecule has 4 N–H and O–H groups in total. The monoisotopic (exact) mass is 295 g/mol. The number of amides is 1. The summed E-state index contributed by atoms with van der Waals surface area (Å²) in [5.41, 5.74) is 5.29. The fourth-order valence-corrected chi connectivity index (χ4v) is 3.68. The molecule has 0 radical (unpaired) electrons. The second kappa shape index (κ2) is 7.14. The van der Waals surface area contributed by atoms with E-state index < -0.39 is 5.54 Å². The van der Waals surface area contributed by atoms with E-state index in [1.54, 1.807) is 0 Å². The highest BCUT2D eigenvalue weighted by Crippen LogP contribution is 2.33. The Hall–Kier alpha value is -1.26. The Kier molecular flexibility index (Phi) is 5.48. The molecule has 0 aromatic heterocycles. The van der Waals surface area contributed by atoms with E-state index in [0.717, 1.165) is 51.4 Å². The Morgan fingerprint density at radius 3 is 2.24 bits per heavy atom. The molecule has 21 heavy (non-hydrogen) atoms. The molecule has 0 atom stereocenters. The summed E-state index contributed by atoms with van der Waals surface area (Å²) >= 11 is 0. The van der Waals surface area contributed by atoms with E-state index in [1.165, 1.54) is 12.8 Å². The minimum Gasteiger partial charge on any atom is -0.409 e. The lowest BCUT2D eigenvalue weighted by atomic mass is 9.76. The zero-order valence-corrected chi connectivity index (χ0v) is 13.1. The highest BCUT2D eigenvalue weighted by atomic mass is 16.4. The molecule has 120 valence electrons. The van der Waals surface area contributed by atoms with E-state index in [2.05, 4.69) is 17.4 Å². The maximum absolute atomic E-state index is 12.6. The molecule has 0 saturated heterocycles. The first-order valence-electron chi connectivity index (χ1n) is 8.37. The first kappa shape index (κ1) is 16.1. The first-order valence-corrected chi connectivity index (χ1v) is 8.37. The fraction of sp³-hybridized carbons (Fsp3) is 0.875. The molecular formula is C16H29N3O2. The Morgan fingerprint density at radius 2 is 1.71 bits per heavy atom. The summed E-state index contributed by atoms with van der Waals surface area (Å²) in [5.74, 6) is 0.990. The summed E-state index contributed by atoms with van der Waals surface area (Å²) in [6.07, 6.45) is 10.2. The van der Waals surface area contributed by atoms with E-state index in [9.17, 15) is 4.79 Å². The molecule has 0 aromatic carbocycles. The number of nitrogens with zero attached hydrogens (tertiary/aromatic N) is 1. The minimum absolute atomic E-state index is 0.0928. The molecule has 0 aromatic rings. The average Bonchev–Trinajstić information content (AvgIpc) is 2.78. The Morgan fingerprint density at radius 1 is 1.14 bits per heavy atom. The highest BCUT2D eigenvalue weighted by Gasteiger charge is 2.40. The third kappa shape index (κ3) is 3.89. The van der Waals surface area contributed by atoms with Crippen LogP contribution in [0.3, 0.4) is 0 Å². The molecule has 0 aliphatic heterocycles. The topological polar surface area (TPSA) is 87.7 Å². The van der Waals surface area contributed by atoms with Crippen molar-refractivity contribution in [3.05, 3.63) is 0 Å². The summed E-state index contributed by atoms with van der Waals surface area (Å²) in [6.45, 7) is 2.21. The molecule has 0 spiro atoms. The second-order valence-electron chi connectivity index (χ2n) is 6.93. The number of carbonyl (C=O) groups is 1. The zero-order chi connectivity index (χ0) is 15.3. The largest absolute Gasteiger partial charge is 0.409 e. The van der Waals surface area contributed by atoms with E-state index in [1.807, 2.05) is 0 Å². The van der Waals surface area contributed by atoms with Gasteiger partial charge in [0, 0.05) is 5.92 Å². The van der Waals surface area contributed by atoms with Crippen molar-refractivity contribution in [3.63, 3.8) is 0 Å². The van der Waals surface area contributed by atoms with Gasteiger partial charge in [-0.2, -0.15) is 0 Å². The third-order valence-corrected chi connectivity index (χ3v) is 5.31. The van der Waals surface area contributed by atoms with Crippen LogP contribution in [0.15, 0.2) is 5.16 Å². The van der Waals surface area contributed by atoms with Gasteiger partial charge in [-0.3, -0.25) is 4.79 Å². The summed E-state index contributed by atoms with van der Waals surface area (Å²) in [7, 11) is 0. The summed E-state index contributed by atoms with van der Waals surface area (Å²) in [4.78, 5) is 12.6. The van der Waals surface area contributed by atoms with Crippen molar-refractivity contribution in [1.29, 1.82) is 0 Å². The molecule has 0 bridgehead atoms. The predicted octanol–water partition coefficient (Wildman–Crippen LogP) is 2.77. The number of oxime groups is 1. The molecule has 5 nitrogen and oxygen atoms in total. The standard InChI is InChI=1S/C16H29N3O2/c1-12-8-10-16(11-9-12,15(17)19-21)18-14(20)13-6-4-2-3-5-7-13/h12-13,21H,2-11H2,1H3,(H2,17,19)(H,18,20).